The number of nitrogens with zero attached hydrogens (tertiary/aromatic N) is 1. The maximum absolute atomic E-state index is 13.9. The second-order valence-electron chi connectivity index (χ2n) is 5.00. The fourth-order valence-electron chi connectivity index (χ4n) is 2.36. The summed E-state index contributed by atoms with van der Waals surface area (Å²) in [7, 11) is 1.36. The van der Waals surface area contributed by atoms with Crippen LogP contribution >= 0.6 is 0 Å². The third-order valence-electron chi connectivity index (χ3n) is 3.51. The van der Waals surface area contributed by atoms with Crippen molar-refractivity contribution in [3.63, 3.8) is 0 Å². The molecule has 1 saturated carbocycles. The summed E-state index contributed by atoms with van der Waals surface area (Å²) in [5.41, 5.74) is 10.9. The lowest BCUT2D eigenvalue weighted by atomic mass is 9.92. The van der Waals surface area contributed by atoms with E-state index in [4.69, 9.17) is 16.2 Å². The first kappa shape index (κ1) is 14.5. The number of nitrogens with two attached hydrogens (primary N) is 2. The van der Waals surface area contributed by atoms with Crippen LogP contribution < -0.4 is 21.5 Å². The molecule has 1 fully saturated rings. The molecule has 0 aromatic carbocycles. The van der Waals surface area contributed by atoms with Crippen LogP contribution in [0.1, 0.15) is 36.0 Å². The molecule has 1 heterocycles. The van der Waals surface area contributed by atoms with Gasteiger partial charge in [0.2, 0.25) is 5.88 Å². The molecule has 5 N–H and O–H groups in total. The lowest BCUT2D eigenvalue weighted by molar-refractivity contribution is 0.0996. The Labute approximate surface area is 116 Å². The van der Waals surface area contributed by atoms with Crippen molar-refractivity contribution < 1.29 is 13.9 Å². The Kier molecular flexibility index (Phi) is 4.39. The second kappa shape index (κ2) is 6.04. The number of carbonyl (C=O) groups is 1. The number of hydrogen-bond acceptors (Lipinski definition) is 5. The number of carbonyl (C=O) groups excluding carboxylic acids is 1. The van der Waals surface area contributed by atoms with Gasteiger partial charge in [0.15, 0.2) is 11.6 Å². The van der Waals surface area contributed by atoms with Crippen molar-refractivity contribution in [2.45, 2.75) is 37.8 Å². The summed E-state index contributed by atoms with van der Waals surface area (Å²) in [4.78, 5) is 15.2. The molecular formula is C13H19FN4O2. The third-order valence-corrected chi connectivity index (χ3v) is 3.51. The van der Waals surface area contributed by atoms with Crippen LogP contribution in [0.3, 0.4) is 0 Å². The highest BCUT2D eigenvalue weighted by Gasteiger charge is 2.22. The van der Waals surface area contributed by atoms with Gasteiger partial charge in [0.1, 0.15) is 5.56 Å². The number of halogens is 1. The van der Waals surface area contributed by atoms with Crippen LogP contribution in [-0.2, 0) is 0 Å². The zero-order valence-electron chi connectivity index (χ0n) is 11.4. The van der Waals surface area contributed by atoms with E-state index < -0.39 is 11.7 Å². The summed E-state index contributed by atoms with van der Waals surface area (Å²) in [5, 5.41) is 3.04. The van der Waals surface area contributed by atoms with Crippen LogP contribution in [0.5, 0.6) is 5.88 Å². The van der Waals surface area contributed by atoms with E-state index in [0.717, 1.165) is 31.7 Å². The zero-order valence-corrected chi connectivity index (χ0v) is 11.4. The van der Waals surface area contributed by atoms with E-state index in [1.165, 1.54) is 7.11 Å². The number of anilines is 1. The van der Waals surface area contributed by atoms with E-state index in [2.05, 4.69) is 10.3 Å². The van der Waals surface area contributed by atoms with E-state index in [9.17, 15) is 9.18 Å². The number of ether oxygens (including phenoxy) is 1. The number of primary amides is 1. The fraction of sp³-hybridized carbons (Fsp3) is 0.538. The van der Waals surface area contributed by atoms with Gasteiger partial charge >= 0.3 is 0 Å². The highest BCUT2D eigenvalue weighted by atomic mass is 19.1. The van der Waals surface area contributed by atoms with Crippen molar-refractivity contribution in [2.24, 2.45) is 11.5 Å². The van der Waals surface area contributed by atoms with Crippen LogP contribution in [0.4, 0.5) is 10.2 Å². The molecule has 1 aliphatic rings. The molecule has 0 aliphatic heterocycles. The van der Waals surface area contributed by atoms with Gasteiger partial charge in [-0.3, -0.25) is 4.79 Å². The van der Waals surface area contributed by atoms with E-state index in [1.54, 1.807) is 0 Å². The zero-order chi connectivity index (χ0) is 14.7. The van der Waals surface area contributed by atoms with Gasteiger partial charge in [-0.05, 0) is 31.7 Å². The molecule has 6 nitrogen and oxygen atoms in total. The average molecular weight is 282 g/mol. The van der Waals surface area contributed by atoms with Crippen molar-refractivity contribution in [3.05, 3.63) is 17.4 Å². The van der Waals surface area contributed by atoms with E-state index in [-0.39, 0.29) is 29.3 Å². The van der Waals surface area contributed by atoms with Gasteiger partial charge in [-0.15, -0.1) is 0 Å². The molecule has 0 spiro atoms. The van der Waals surface area contributed by atoms with E-state index in [0.29, 0.717) is 0 Å². The monoisotopic (exact) mass is 282 g/mol. The molecule has 2 rings (SSSR count). The molecule has 0 saturated heterocycles. The Morgan fingerprint density at radius 1 is 1.45 bits per heavy atom. The van der Waals surface area contributed by atoms with E-state index >= 15 is 0 Å². The number of nitrogens with one attached hydrogen (secondary N) is 1. The predicted molar refractivity (Wildman–Crippen MR) is 73.1 cm³/mol. The van der Waals surface area contributed by atoms with Gasteiger partial charge in [-0.2, -0.15) is 4.98 Å². The van der Waals surface area contributed by atoms with E-state index in [1.807, 2.05) is 0 Å². The summed E-state index contributed by atoms with van der Waals surface area (Å²) < 4.78 is 18.9. The van der Waals surface area contributed by atoms with Gasteiger partial charge in [0.25, 0.3) is 5.91 Å². The van der Waals surface area contributed by atoms with Crippen LogP contribution in [-0.4, -0.2) is 30.1 Å². The lowest BCUT2D eigenvalue weighted by Crippen LogP contribution is -2.33. The number of pyridine rings is 1. The summed E-state index contributed by atoms with van der Waals surface area (Å²) in [5.74, 6) is -1.29. The first-order chi connectivity index (χ1) is 9.51. The van der Waals surface area contributed by atoms with Gasteiger partial charge in [0.05, 0.1) is 7.11 Å². The Morgan fingerprint density at radius 2 is 2.10 bits per heavy atom. The molecule has 1 aromatic rings. The van der Waals surface area contributed by atoms with Crippen LogP contribution in [0.25, 0.3) is 0 Å². The molecule has 0 radical (unpaired) electrons. The molecule has 1 aromatic heterocycles. The number of hydrogen-bond donors (Lipinski definition) is 3. The normalized spacial score (nSPS) is 22.4. The lowest BCUT2D eigenvalue weighted by Gasteiger charge is -2.27. The third kappa shape index (κ3) is 3.16. The minimum atomic E-state index is -0.775. The highest BCUT2D eigenvalue weighted by Crippen LogP contribution is 2.25. The summed E-state index contributed by atoms with van der Waals surface area (Å²) >= 11 is 0. The first-order valence-corrected chi connectivity index (χ1v) is 6.57. The van der Waals surface area contributed by atoms with Crippen LogP contribution in [0.15, 0.2) is 6.07 Å². The Hall–Kier alpha value is -1.89. The number of methoxy groups -OCH3 is 1. The second-order valence-corrected chi connectivity index (χ2v) is 5.00. The quantitative estimate of drug-likeness (QED) is 0.764. The minimum Gasteiger partial charge on any atom is -0.480 e. The van der Waals surface area contributed by atoms with Crippen molar-refractivity contribution in [1.82, 2.24) is 4.98 Å². The Balaban J connectivity index is 2.17. The molecule has 20 heavy (non-hydrogen) atoms. The Bertz CT molecular complexity index is 501. The molecular weight excluding hydrogens is 263 g/mol. The van der Waals surface area contributed by atoms with Gasteiger partial charge in [-0.25, -0.2) is 4.39 Å². The fourth-order valence-corrected chi connectivity index (χ4v) is 2.36. The summed E-state index contributed by atoms with van der Waals surface area (Å²) in [6, 6.07) is 1.39. The Morgan fingerprint density at radius 3 is 2.65 bits per heavy atom. The van der Waals surface area contributed by atoms with Crippen LogP contribution in [0.2, 0.25) is 0 Å². The molecule has 0 bridgehead atoms. The largest absolute Gasteiger partial charge is 0.480 e. The van der Waals surface area contributed by atoms with Gasteiger partial charge in [0, 0.05) is 12.1 Å². The topological polar surface area (TPSA) is 103 Å². The van der Waals surface area contributed by atoms with Crippen molar-refractivity contribution in [1.29, 1.82) is 0 Å². The maximum atomic E-state index is 13.9. The standard InChI is InChI=1S/C13H19FN4O2/c1-20-13-9(11(16)19)6-10(14)12(18-13)17-8-4-2-7(15)3-5-8/h6-8H,2-5,15H2,1H3,(H2,16,19)(H,17,18). The van der Waals surface area contributed by atoms with Gasteiger partial charge in [-0.1, -0.05) is 0 Å². The molecule has 7 heteroatoms. The number of amides is 1. The predicted octanol–water partition coefficient (Wildman–Crippen LogP) is 1.01. The van der Waals surface area contributed by atoms with Crippen molar-refractivity contribution >= 4 is 11.7 Å². The van der Waals surface area contributed by atoms with Gasteiger partial charge < -0.3 is 21.5 Å². The van der Waals surface area contributed by atoms with Crippen molar-refractivity contribution in [2.75, 3.05) is 12.4 Å². The smallest absolute Gasteiger partial charge is 0.254 e. The summed E-state index contributed by atoms with van der Waals surface area (Å²) in [6.45, 7) is 0. The minimum absolute atomic E-state index is 0.0221. The maximum Gasteiger partial charge on any atom is 0.254 e. The summed E-state index contributed by atoms with van der Waals surface area (Å²) in [6.07, 6.45) is 3.52. The SMILES string of the molecule is COc1nc(NC2CCC(N)CC2)c(F)cc1C(N)=O. The molecule has 0 unspecified atom stereocenters. The average Bonchev–Trinajstić information content (AvgIpc) is 2.42. The van der Waals surface area contributed by atoms with Crippen molar-refractivity contribution in [3.8, 4) is 5.88 Å². The highest BCUT2D eigenvalue weighted by molar-refractivity contribution is 5.95. The molecule has 0 atom stereocenters. The molecule has 1 amide bonds. The first-order valence-electron chi connectivity index (χ1n) is 6.57. The van der Waals surface area contributed by atoms with Crippen LogP contribution in [0, 0.1) is 5.82 Å². The molecule has 1 aliphatic carbocycles. The molecule has 110 valence electrons. The number of rotatable bonds is 4. The number of aromatic nitrogens is 1.